The third-order valence-corrected chi connectivity index (χ3v) is 6.20. The summed E-state index contributed by atoms with van der Waals surface area (Å²) in [6, 6.07) is 0. The van der Waals surface area contributed by atoms with Crippen LogP contribution in [-0.4, -0.2) is 28.9 Å². The number of carbonyl (C=O) groups excluding carboxylic acids is 1. The number of amides is 1. The van der Waals surface area contributed by atoms with Gasteiger partial charge in [-0.1, -0.05) is 38.4 Å². The molecule has 1 spiro atoms. The molecule has 20 heavy (non-hydrogen) atoms. The summed E-state index contributed by atoms with van der Waals surface area (Å²) >= 11 is 5.12. The van der Waals surface area contributed by atoms with Gasteiger partial charge in [0.05, 0.1) is 10.4 Å². The van der Waals surface area contributed by atoms with Crippen LogP contribution >= 0.6 is 12.2 Å². The number of likely N-dealkylation sites (tertiary alicyclic amines) is 1. The van der Waals surface area contributed by atoms with E-state index in [4.69, 9.17) is 18.0 Å². The van der Waals surface area contributed by atoms with Crippen molar-refractivity contribution < 1.29 is 4.79 Å². The molecule has 2 fully saturated rings. The lowest BCUT2D eigenvalue weighted by Gasteiger charge is -2.46. The van der Waals surface area contributed by atoms with E-state index < -0.39 is 5.41 Å². The van der Waals surface area contributed by atoms with Crippen molar-refractivity contribution in [3.05, 3.63) is 0 Å². The minimum Gasteiger partial charge on any atom is -0.392 e. The van der Waals surface area contributed by atoms with Gasteiger partial charge in [0.2, 0.25) is 5.91 Å². The van der Waals surface area contributed by atoms with Crippen LogP contribution in [0, 0.1) is 10.8 Å². The molecule has 0 aromatic rings. The Morgan fingerprint density at radius 3 is 2.20 bits per heavy atom. The van der Waals surface area contributed by atoms with Crippen molar-refractivity contribution in [1.29, 1.82) is 0 Å². The molecule has 0 radical (unpaired) electrons. The molecule has 4 heteroatoms. The fourth-order valence-electron chi connectivity index (χ4n) is 3.77. The van der Waals surface area contributed by atoms with E-state index in [1.54, 1.807) is 0 Å². The van der Waals surface area contributed by atoms with Crippen LogP contribution in [0.2, 0.25) is 0 Å². The molecule has 1 aliphatic heterocycles. The minimum atomic E-state index is -0.660. The Hall–Kier alpha value is -0.640. The van der Waals surface area contributed by atoms with Crippen molar-refractivity contribution >= 4 is 23.1 Å². The quantitative estimate of drug-likeness (QED) is 0.813. The Morgan fingerprint density at radius 2 is 1.75 bits per heavy atom. The Kier molecular flexibility index (Phi) is 4.73. The maximum atomic E-state index is 12.7. The van der Waals surface area contributed by atoms with Crippen molar-refractivity contribution in [3.63, 3.8) is 0 Å². The number of nitrogens with zero attached hydrogens (tertiary/aromatic N) is 1. The standard InChI is InChI=1S/C16H28N2OS/c1-3-15(2,13(17)20)14(19)18-11-9-16(10-12-18)7-5-4-6-8-16/h3-12H2,1-2H3,(H2,17,20). The summed E-state index contributed by atoms with van der Waals surface area (Å²) in [7, 11) is 0. The highest BCUT2D eigenvalue weighted by Gasteiger charge is 2.42. The van der Waals surface area contributed by atoms with Crippen LogP contribution < -0.4 is 5.73 Å². The molecule has 1 amide bonds. The first-order chi connectivity index (χ1) is 9.43. The van der Waals surface area contributed by atoms with E-state index in [2.05, 4.69) is 0 Å². The third-order valence-electron chi connectivity index (χ3n) is 5.75. The first-order valence-electron chi connectivity index (χ1n) is 8.03. The predicted molar refractivity (Wildman–Crippen MR) is 86.5 cm³/mol. The monoisotopic (exact) mass is 296 g/mol. The number of piperidine rings is 1. The molecule has 2 rings (SSSR count). The largest absolute Gasteiger partial charge is 0.392 e. The van der Waals surface area contributed by atoms with Crippen LogP contribution in [0.25, 0.3) is 0 Å². The molecule has 1 saturated heterocycles. The van der Waals surface area contributed by atoms with E-state index in [9.17, 15) is 4.79 Å². The first kappa shape index (κ1) is 15.7. The summed E-state index contributed by atoms with van der Waals surface area (Å²) in [5.74, 6) is 0.137. The molecule has 0 aromatic carbocycles. The van der Waals surface area contributed by atoms with Gasteiger partial charge < -0.3 is 10.6 Å². The normalized spacial score (nSPS) is 25.2. The van der Waals surface area contributed by atoms with Gasteiger partial charge in [-0.05, 0) is 44.4 Å². The second-order valence-corrected chi connectivity index (χ2v) is 7.34. The molecule has 1 aliphatic carbocycles. The van der Waals surface area contributed by atoms with Gasteiger partial charge in [0, 0.05) is 13.1 Å². The topological polar surface area (TPSA) is 46.3 Å². The zero-order valence-electron chi connectivity index (χ0n) is 12.9. The van der Waals surface area contributed by atoms with Crippen molar-refractivity contribution in [2.45, 2.75) is 65.2 Å². The van der Waals surface area contributed by atoms with Gasteiger partial charge in [0.1, 0.15) is 0 Å². The lowest BCUT2D eigenvalue weighted by Crippen LogP contribution is -2.52. The maximum absolute atomic E-state index is 12.7. The van der Waals surface area contributed by atoms with Crippen LogP contribution in [0.15, 0.2) is 0 Å². The average molecular weight is 296 g/mol. The van der Waals surface area contributed by atoms with E-state index in [0.717, 1.165) is 25.9 Å². The van der Waals surface area contributed by atoms with Gasteiger partial charge in [-0.3, -0.25) is 4.79 Å². The number of thiocarbonyl (C=S) groups is 1. The molecule has 0 bridgehead atoms. The summed E-state index contributed by atoms with van der Waals surface area (Å²) in [6.07, 6.45) is 9.85. The van der Waals surface area contributed by atoms with Crippen molar-refractivity contribution in [2.75, 3.05) is 13.1 Å². The summed E-state index contributed by atoms with van der Waals surface area (Å²) in [5.41, 5.74) is 5.68. The van der Waals surface area contributed by atoms with Gasteiger partial charge >= 0.3 is 0 Å². The van der Waals surface area contributed by atoms with Crippen LogP contribution in [0.5, 0.6) is 0 Å². The van der Waals surface area contributed by atoms with Crippen LogP contribution in [-0.2, 0) is 4.79 Å². The van der Waals surface area contributed by atoms with Gasteiger partial charge in [-0.15, -0.1) is 0 Å². The molecule has 0 aromatic heterocycles. The fourth-order valence-corrected chi connectivity index (χ4v) is 4.00. The average Bonchev–Trinajstić information content (AvgIpc) is 2.47. The Balaban J connectivity index is 1.99. The second kappa shape index (κ2) is 6.00. The Labute approximate surface area is 128 Å². The molecule has 1 atom stereocenters. The maximum Gasteiger partial charge on any atom is 0.235 e. The minimum absolute atomic E-state index is 0.137. The molecule has 1 saturated carbocycles. The van der Waals surface area contributed by atoms with Crippen molar-refractivity contribution in [1.82, 2.24) is 4.90 Å². The first-order valence-corrected chi connectivity index (χ1v) is 8.44. The third kappa shape index (κ3) is 2.85. The Morgan fingerprint density at radius 1 is 1.20 bits per heavy atom. The lowest BCUT2D eigenvalue weighted by atomic mass is 9.68. The summed E-state index contributed by atoms with van der Waals surface area (Å²) in [4.78, 5) is 15.1. The van der Waals surface area contributed by atoms with E-state index in [-0.39, 0.29) is 5.91 Å². The molecule has 114 valence electrons. The number of hydrogen-bond acceptors (Lipinski definition) is 2. The molecule has 2 N–H and O–H groups in total. The number of rotatable bonds is 3. The van der Waals surface area contributed by atoms with Crippen LogP contribution in [0.4, 0.5) is 0 Å². The van der Waals surface area contributed by atoms with Crippen molar-refractivity contribution in [3.8, 4) is 0 Å². The molecular formula is C16H28N2OS. The van der Waals surface area contributed by atoms with Crippen LogP contribution in [0.3, 0.4) is 0 Å². The smallest absolute Gasteiger partial charge is 0.235 e. The Bertz CT molecular complexity index is 380. The molecule has 1 heterocycles. The van der Waals surface area contributed by atoms with E-state index >= 15 is 0 Å². The molecule has 1 unspecified atom stereocenters. The summed E-state index contributed by atoms with van der Waals surface area (Å²) < 4.78 is 0. The molecular weight excluding hydrogens is 268 g/mol. The summed E-state index contributed by atoms with van der Waals surface area (Å²) in [6.45, 7) is 5.65. The van der Waals surface area contributed by atoms with E-state index in [0.29, 0.717) is 16.8 Å². The second-order valence-electron chi connectivity index (χ2n) is 6.90. The van der Waals surface area contributed by atoms with Gasteiger partial charge in [0.25, 0.3) is 0 Å². The highest BCUT2D eigenvalue weighted by Crippen LogP contribution is 2.45. The van der Waals surface area contributed by atoms with E-state index in [1.807, 2.05) is 18.7 Å². The lowest BCUT2D eigenvalue weighted by molar-refractivity contribution is -0.140. The predicted octanol–water partition coefficient (Wildman–Crippen LogP) is 3.26. The fraction of sp³-hybridized carbons (Fsp3) is 0.875. The zero-order chi connectivity index (χ0) is 14.8. The van der Waals surface area contributed by atoms with Crippen LogP contribution in [0.1, 0.15) is 65.2 Å². The van der Waals surface area contributed by atoms with Gasteiger partial charge in [-0.2, -0.15) is 0 Å². The molecule has 3 nitrogen and oxygen atoms in total. The molecule has 2 aliphatic rings. The van der Waals surface area contributed by atoms with E-state index in [1.165, 1.54) is 32.1 Å². The highest BCUT2D eigenvalue weighted by molar-refractivity contribution is 7.80. The SMILES string of the molecule is CCC(C)(C(=O)N1CCC2(CCCCC2)CC1)C(N)=S. The van der Waals surface area contributed by atoms with Gasteiger partial charge in [0.15, 0.2) is 0 Å². The zero-order valence-corrected chi connectivity index (χ0v) is 13.7. The number of hydrogen-bond donors (Lipinski definition) is 1. The van der Waals surface area contributed by atoms with Gasteiger partial charge in [-0.25, -0.2) is 0 Å². The van der Waals surface area contributed by atoms with Crippen molar-refractivity contribution in [2.24, 2.45) is 16.6 Å². The summed E-state index contributed by atoms with van der Waals surface area (Å²) in [5, 5.41) is 0. The highest BCUT2D eigenvalue weighted by atomic mass is 32.1. The number of carbonyl (C=O) groups is 1. The number of nitrogens with two attached hydrogens (primary N) is 1.